The Balaban J connectivity index is 1.20. The lowest BCUT2D eigenvalue weighted by Gasteiger charge is -2.57. The first-order valence-electron chi connectivity index (χ1n) is 13.1. The second kappa shape index (κ2) is 9.20. The standard InChI is InChI=1S/C31H34N2O3/c1-35-29-10-7-24(14-26(29)31-16-21-11-22(17-31)13-23(12-21)18-31)30(34)33-28-9-8-25(15-27(28)32)36-19-20-5-3-2-4-6-20/h2-10,14-15,21-23H,11-13,16-19,32H2,1H3,(H,33,34). The molecule has 1 amide bonds. The first-order valence-corrected chi connectivity index (χ1v) is 13.1. The fraction of sp³-hybridized carbons (Fsp3) is 0.387. The van der Waals surface area contributed by atoms with Gasteiger partial charge in [0.25, 0.3) is 5.91 Å². The first-order chi connectivity index (χ1) is 17.5. The molecule has 5 heteroatoms. The number of benzene rings is 3. The third-order valence-electron chi connectivity index (χ3n) is 8.59. The second-order valence-corrected chi connectivity index (χ2v) is 11.1. The van der Waals surface area contributed by atoms with Crippen molar-refractivity contribution in [2.24, 2.45) is 17.8 Å². The van der Waals surface area contributed by atoms with Crippen LogP contribution in [0.25, 0.3) is 0 Å². The number of ether oxygens (including phenoxy) is 2. The van der Waals surface area contributed by atoms with Crippen LogP contribution in [0.5, 0.6) is 11.5 Å². The summed E-state index contributed by atoms with van der Waals surface area (Å²) in [6, 6.07) is 21.3. The maximum Gasteiger partial charge on any atom is 0.255 e. The Morgan fingerprint density at radius 3 is 2.28 bits per heavy atom. The van der Waals surface area contributed by atoms with Gasteiger partial charge in [-0.05, 0) is 97.6 Å². The number of anilines is 2. The number of hydrogen-bond acceptors (Lipinski definition) is 4. The molecule has 3 aromatic rings. The summed E-state index contributed by atoms with van der Waals surface area (Å²) in [6.07, 6.45) is 7.80. The minimum absolute atomic E-state index is 0.146. The Kier molecular flexibility index (Phi) is 5.87. The highest BCUT2D eigenvalue weighted by Gasteiger charge is 2.52. The van der Waals surface area contributed by atoms with Crippen LogP contribution in [0.3, 0.4) is 0 Å². The van der Waals surface area contributed by atoms with Gasteiger partial charge in [-0.3, -0.25) is 4.79 Å². The highest BCUT2D eigenvalue weighted by Crippen LogP contribution is 2.61. The molecule has 4 aliphatic carbocycles. The van der Waals surface area contributed by atoms with Crippen molar-refractivity contribution in [3.63, 3.8) is 0 Å². The van der Waals surface area contributed by atoms with E-state index in [2.05, 4.69) is 11.4 Å². The molecule has 36 heavy (non-hydrogen) atoms. The molecule has 0 saturated heterocycles. The molecule has 7 rings (SSSR count). The zero-order valence-corrected chi connectivity index (χ0v) is 20.8. The molecule has 4 aliphatic rings. The van der Waals surface area contributed by atoms with E-state index in [-0.39, 0.29) is 11.3 Å². The molecule has 0 spiro atoms. The van der Waals surface area contributed by atoms with Crippen LogP contribution in [0.15, 0.2) is 66.7 Å². The van der Waals surface area contributed by atoms with Crippen molar-refractivity contribution >= 4 is 17.3 Å². The Morgan fingerprint density at radius 1 is 0.944 bits per heavy atom. The summed E-state index contributed by atoms with van der Waals surface area (Å²) in [5.74, 6) is 3.88. The topological polar surface area (TPSA) is 73.6 Å². The fourth-order valence-corrected chi connectivity index (χ4v) is 7.38. The van der Waals surface area contributed by atoms with Crippen LogP contribution in [-0.2, 0) is 12.0 Å². The first kappa shape index (κ1) is 23.0. The fourth-order valence-electron chi connectivity index (χ4n) is 7.38. The van der Waals surface area contributed by atoms with Crippen molar-refractivity contribution in [2.45, 2.75) is 50.5 Å². The molecule has 0 heterocycles. The summed E-state index contributed by atoms with van der Waals surface area (Å²) in [7, 11) is 1.74. The highest BCUT2D eigenvalue weighted by atomic mass is 16.5. The molecule has 0 unspecified atom stereocenters. The van der Waals surface area contributed by atoms with E-state index in [1.54, 1.807) is 19.2 Å². The zero-order valence-electron chi connectivity index (χ0n) is 20.8. The molecule has 0 atom stereocenters. The Morgan fingerprint density at radius 2 is 1.64 bits per heavy atom. The van der Waals surface area contributed by atoms with E-state index in [4.69, 9.17) is 15.2 Å². The van der Waals surface area contributed by atoms with Crippen molar-refractivity contribution in [2.75, 3.05) is 18.2 Å². The molecule has 4 bridgehead atoms. The number of hydrogen-bond donors (Lipinski definition) is 2. The van der Waals surface area contributed by atoms with Crippen molar-refractivity contribution in [1.82, 2.24) is 0 Å². The molecule has 4 fully saturated rings. The SMILES string of the molecule is COc1ccc(C(=O)Nc2ccc(OCc3ccccc3)cc2N)cc1C12CC3CC(CC(C3)C1)C2. The number of methoxy groups -OCH3 is 1. The number of nitrogens with two attached hydrogens (primary N) is 1. The minimum atomic E-state index is -0.159. The van der Waals surface area contributed by atoms with Gasteiger partial charge in [0.15, 0.2) is 0 Å². The third kappa shape index (κ3) is 4.32. The highest BCUT2D eigenvalue weighted by molar-refractivity contribution is 6.06. The van der Waals surface area contributed by atoms with E-state index < -0.39 is 0 Å². The lowest BCUT2D eigenvalue weighted by molar-refractivity contribution is -0.00617. The largest absolute Gasteiger partial charge is 0.496 e. The number of carbonyl (C=O) groups excluding carboxylic acids is 1. The number of carbonyl (C=O) groups is 1. The molecule has 3 aromatic carbocycles. The van der Waals surface area contributed by atoms with E-state index >= 15 is 0 Å². The zero-order chi connectivity index (χ0) is 24.7. The molecule has 4 saturated carbocycles. The molecular weight excluding hydrogens is 448 g/mol. The van der Waals surface area contributed by atoms with Gasteiger partial charge in [-0.1, -0.05) is 30.3 Å². The van der Waals surface area contributed by atoms with Crippen LogP contribution >= 0.6 is 0 Å². The van der Waals surface area contributed by atoms with Gasteiger partial charge in [0, 0.05) is 17.2 Å². The minimum Gasteiger partial charge on any atom is -0.496 e. The predicted molar refractivity (Wildman–Crippen MR) is 142 cm³/mol. The summed E-state index contributed by atoms with van der Waals surface area (Å²) < 4.78 is 11.7. The van der Waals surface area contributed by atoms with Gasteiger partial charge in [0.1, 0.15) is 18.1 Å². The van der Waals surface area contributed by atoms with Gasteiger partial charge in [-0.2, -0.15) is 0 Å². The molecule has 0 aliphatic heterocycles. The average molecular weight is 483 g/mol. The van der Waals surface area contributed by atoms with E-state index in [9.17, 15) is 4.79 Å². The molecule has 186 valence electrons. The maximum atomic E-state index is 13.3. The van der Waals surface area contributed by atoms with Crippen LogP contribution in [0, 0.1) is 17.8 Å². The third-order valence-corrected chi connectivity index (χ3v) is 8.59. The van der Waals surface area contributed by atoms with Crippen LogP contribution in [0.2, 0.25) is 0 Å². The van der Waals surface area contributed by atoms with Crippen molar-refractivity contribution < 1.29 is 14.3 Å². The van der Waals surface area contributed by atoms with Crippen LogP contribution in [0.1, 0.15) is 60.0 Å². The van der Waals surface area contributed by atoms with Crippen molar-refractivity contribution in [3.05, 3.63) is 83.4 Å². The summed E-state index contributed by atoms with van der Waals surface area (Å²) in [5, 5.41) is 3.01. The van der Waals surface area contributed by atoms with E-state index in [1.165, 1.54) is 44.1 Å². The summed E-state index contributed by atoms with van der Waals surface area (Å²) >= 11 is 0. The van der Waals surface area contributed by atoms with Crippen molar-refractivity contribution in [1.29, 1.82) is 0 Å². The predicted octanol–water partition coefficient (Wildman–Crippen LogP) is 6.58. The number of nitrogen functional groups attached to an aromatic ring is 1. The van der Waals surface area contributed by atoms with Gasteiger partial charge < -0.3 is 20.5 Å². The lowest BCUT2D eigenvalue weighted by atomic mass is 9.48. The Bertz CT molecular complexity index is 1230. The maximum absolute atomic E-state index is 13.3. The normalized spacial score (nSPS) is 26.0. The molecule has 0 aromatic heterocycles. The van der Waals surface area contributed by atoms with Gasteiger partial charge >= 0.3 is 0 Å². The molecule has 0 radical (unpaired) electrons. The van der Waals surface area contributed by atoms with Gasteiger partial charge in [0.05, 0.1) is 18.5 Å². The summed E-state index contributed by atoms with van der Waals surface area (Å²) in [6.45, 7) is 0.463. The number of nitrogens with one attached hydrogen (secondary N) is 1. The summed E-state index contributed by atoms with van der Waals surface area (Å²) in [5.41, 5.74) is 10.4. The van der Waals surface area contributed by atoms with Crippen LogP contribution < -0.4 is 20.5 Å². The van der Waals surface area contributed by atoms with Crippen LogP contribution in [-0.4, -0.2) is 13.0 Å². The quantitative estimate of drug-likeness (QED) is 0.373. The molecule has 3 N–H and O–H groups in total. The lowest BCUT2D eigenvalue weighted by Crippen LogP contribution is -2.48. The number of rotatable bonds is 7. The smallest absolute Gasteiger partial charge is 0.255 e. The van der Waals surface area contributed by atoms with Crippen LogP contribution in [0.4, 0.5) is 11.4 Å². The second-order valence-electron chi connectivity index (χ2n) is 11.1. The van der Waals surface area contributed by atoms with E-state index in [0.717, 1.165) is 29.1 Å². The van der Waals surface area contributed by atoms with Gasteiger partial charge in [0.2, 0.25) is 0 Å². The molecular formula is C31H34N2O3. The average Bonchev–Trinajstić information content (AvgIpc) is 2.88. The number of amides is 1. The van der Waals surface area contributed by atoms with E-state index in [1.807, 2.05) is 48.5 Å². The molecule has 5 nitrogen and oxygen atoms in total. The summed E-state index contributed by atoms with van der Waals surface area (Å²) in [4.78, 5) is 13.3. The van der Waals surface area contributed by atoms with Crippen molar-refractivity contribution in [3.8, 4) is 11.5 Å². The van der Waals surface area contributed by atoms with E-state index in [0.29, 0.717) is 29.3 Å². The van der Waals surface area contributed by atoms with Gasteiger partial charge in [-0.25, -0.2) is 0 Å². The Labute approximate surface area is 213 Å². The van der Waals surface area contributed by atoms with Gasteiger partial charge in [-0.15, -0.1) is 0 Å². The monoisotopic (exact) mass is 482 g/mol. The Hall–Kier alpha value is -3.47.